The molecule has 0 saturated carbocycles. The Hall–Kier alpha value is -2.44. The SMILES string of the molecule is COc1ccccc1[C@H](CNC(=O)c1cc(Cl)c(OC)c(OC)c1)[NH+](C)C. The molecule has 2 aromatic rings. The molecule has 0 aliphatic carbocycles. The van der Waals surface area contributed by atoms with Crippen LogP contribution in [0.1, 0.15) is 22.0 Å². The summed E-state index contributed by atoms with van der Waals surface area (Å²) in [6.45, 7) is 0.438. The van der Waals surface area contributed by atoms with Crippen molar-refractivity contribution in [1.29, 1.82) is 0 Å². The second-order valence-electron chi connectivity index (χ2n) is 6.28. The van der Waals surface area contributed by atoms with Gasteiger partial charge in [0.2, 0.25) is 0 Å². The first-order chi connectivity index (χ1) is 12.9. The average molecular weight is 394 g/mol. The maximum absolute atomic E-state index is 12.7. The second-order valence-corrected chi connectivity index (χ2v) is 6.68. The maximum atomic E-state index is 12.7. The maximum Gasteiger partial charge on any atom is 0.251 e. The number of hydrogen-bond donors (Lipinski definition) is 2. The zero-order valence-corrected chi connectivity index (χ0v) is 17.0. The third-order valence-corrected chi connectivity index (χ3v) is 4.65. The molecule has 0 radical (unpaired) electrons. The lowest BCUT2D eigenvalue weighted by molar-refractivity contribution is -0.890. The van der Waals surface area contributed by atoms with E-state index in [9.17, 15) is 4.79 Å². The molecule has 0 fully saturated rings. The Bertz CT molecular complexity index is 796. The van der Waals surface area contributed by atoms with E-state index in [1.807, 2.05) is 38.4 Å². The molecule has 0 spiro atoms. The molecule has 1 amide bonds. The standard InChI is InChI=1S/C20H25ClN2O4/c1-23(2)16(14-8-6-7-9-17(14)25-3)12-22-20(24)13-10-15(21)19(27-5)18(11-13)26-4/h6-11,16H,12H2,1-5H3,(H,22,24)/p+1/t16-/m0/s1. The summed E-state index contributed by atoms with van der Waals surface area (Å²) < 4.78 is 15.9. The lowest BCUT2D eigenvalue weighted by Gasteiger charge is -2.24. The molecule has 0 aliphatic heterocycles. The Kier molecular flexibility index (Phi) is 7.33. The van der Waals surface area contributed by atoms with Crippen LogP contribution in [0.5, 0.6) is 17.2 Å². The first kappa shape index (κ1) is 20.9. The molecule has 0 heterocycles. The molecule has 2 aromatic carbocycles. The van der Waals surface area contributed by atoms with Gasteiger partial charge in [0.15, 0.2) is 11.5 Å². The van der Waals surface area contributed by atoms with Gasteiger partial charge >= 0.3 is 0 Å². The molecular formula is C20H26ClN2O4+. The number of para-hydroxylation sites is 1. The average Bonchev–Trinajstić information content (AvgIpc) is 2.67. The summed E-state index contributed by atoms with van der Waals surface area (Å²) in [6.07, 6.45) is 0. The Morgan fingerprint density at radius 1 is 1.07 bits per heavy atom. The number of carbonyl (C=O) groups excluding carboxylic acids is 1. The van der Waals surface area contributed by atoms with Gasteiger partial charge in [-0.1, -0.05) is 23.7 Å². The number of benzene rings is 2. The van der Waals surface area contributed by atoms with E-state index in [0.717, 1.165) is 11.3 Å². The smallest absolute Gasteiger partial charge is 0.251 e. The van der Waals surface area contributed by atoms with E-state index in [1.54, 1.807) is 19.2 Å². The fraction of sp³-hybridized carbons (Fsp3) is 0.350. The molecule has 27 heavy (non-hydrogen) atoms. The molecule has 146 valence electrons. The number of methoxy groups -OCH3 is 3. The number of nitrogens with one attached hydrogen (secondary N) is 2. The zero-order chi connectivity index (χ0) is 20.0. The lowest BCUT2D eigenvalue weighted by atomic mass is 10.0. The number of halogens is 1. The molecule has 0 bridgehead atoms. The Balaban J connectivity index is 2.21. The highest BCUT2D eigenvalue weighted by molar-refractivity contribution is 6.32. The molecule has 2 rings (SSSR count). The van der Waals surface area contributed by atoms with Gasteiger partial charge in [-0.25, -0.2) is 0 Å². The Morgan fingerprint density at radius 3 is 2.33 bits per heavy atom. The molecule has 0 unspecified atom stereocenters. The molecule has 7 heteroatoms. The van der Waals surface area contributed by atoms with Crippen molar-refractivity contribution >= 4 is 17.5 Å². The van der Waals surface area contributed by atoms with Crippen LogP contribution in [0, 0.1) is 0 Å². The number of ether oxygens (including phenoxy) is 3. The van der Waals surface area contributed by atoms with Gasteiger partial charge < -0.3 is 24.4 Å². The number of carbonyl (C=O) groups is 1. The molecule has 0 aliphatic rings. The Morgan fingerprint density at radius 2 is 1.74 bits per heavy atom. The van der Waals surface area contributed by atoms with Gasteiger partial charge in [0.25, 0.3) is 5.91 Å². The topological polar surface area (TPSA) is 61.2 Å². The fourth-order valence-corrected chi connectivity index (χ4v) is 3.21. The number of amides is 1. The van der Waals surface area contributed by atoms with Crippen LogP contribution in [0.25, 0.3) is 0 Å². The van der Waals surface area contributed by atoms with Gasteiger partial charge in [0.05, 0.1) is 52.6 Å². The van der Waals surface area contributed by atoms with Crippen molar-refractivity contribution in [3.8, 4) is 17.2 Å². The summed E-state index contributed by atoms with van der Waals surface area (Å²) in [7, 11) is 8.72. The largest absolute Gasteiger partial charge is 0.496 e. The number of rotatable bonds is 8. The quantitative estimate of drug-likeness (QED) is 0.720. The van der Waals surface area contributed by atoms with E-state index < -0.39 is 0 Å². The summed E-state index contributed by atoms with van der Waals surface area (Å²) in [6, 6.07) is 11.0. The first-order valence-electron chi connectivity index (χ1n) is 8.55. The summed E-state index contributed by atoms with van der Waals surface area (Å²) >= 11 is 6.20. The van der Waals surface area contributed by atoms with Crippen LogP contribution in [0.2, 0.25) is 5.02 Å². The number of quaternary nitrogens is 1. The van der Waals surface area contributed by atoms with Gasteiger partial charge in [-0.2, -0.15) is 0 Å². The normalized spacial score (nSPS) is 11.8. The number of hydrogen-bond acceptors (Lipinski definition) is 4. The van der Waals surface area contributed by atoms with Crippen molar-refractivity contribution in [2.24, 2.45) is 0 Å². The van der Waals surface area contributed by atoms with Gasteiger partial charge in [-0.15, -0.1) is 0 Å². The molecular weight excluding hydrogens is 368 g/mol. The van der Waals surface area contributed by atoms with Crippen molar-refractivity contribution < 1.29 is 23.9 Å². The van der Waals surface area contributed by atoms with E-state index in [0.29, 0.717) is 28.6 Å². The van der Waals surface area contributed by atoms with Crippen molar-refractivity contribution in [3.05, 3.63) is 52.5 Å². The molecule has 2 N–H and O–H groups in total. The summed E-state index contributed by atoms with van der Waals surface area (Å²) in [5.74, 6) is 1.38. The monoisotopic (exact) mass is 393 g/mol. The predicted molar refractivity (Wildman–Crippen MR) is 105 cm³/mol. The van der Waals surface area contributed by atoms with Gasteiger partial charge in [0.1, 0.15) is 11.8 Å². The highest BCUT2D eigenvalue weighted by atomic mass is 35.5. The summed E-state index contributed by atoms with van der Waals surface area (Å²) in [5, 5.41) is 3.30. The molecule has 0 saturated heterocycles. The van der Waals surface area contributed by atoms with Crippen molar-refractivity contribution in [2.45, 2.75) is 6.04 Å². The summed E-state index contributed by atoms with van der Waals surface area (Å²) in [4.78, 5) is 13.8. The van der Waals surface area contributed by atoms with Crippen LogP contribution in [-0.4, -0.2) is 47.9 Å². The minimum Gasteiger partial charge on any atom is -0.496 e. The fourth-order valence-electron chi connectivity index (χ4n) is 2.93. The third kappa shape index (κ3) is 4.84. The van der Waals surface area contributed by atoms with E-state index in [4.69, 9.17) is 25.8 Å². The van der Waals surface area contributed by atoms with E-state index >= 15 is 0 Å². The molecule has 6 nitrogen and oxygen atoms in total. The van der Waals surface area contributed by atoms with Gasteiger partial charge in [-0.05, 0) is 24.3 Å². The van der Waals surface area contributed by atoms with Gasteiger partial charge in [0, 0.05) is 5.56 Å². The summed E-state index contributed by atoms with van der Waals surface area (Å²) in [5.41, 5.74) is 1.44. The highest BCUT2D eigenvalue weighted by Gasteiger charge is 2.23. The van der Waals surface area contributed by atoms with Crippen LogP contribution >= 0.6 is 11.6 Å². The minimum absolute atomic E-state index is 0.0284. The van der Waals surface area contributed by atoms with Crippen molar-refractivity contribution in [1.82, 2.24) is 5.32 Å². The van der Waals surface area contributed by atoms with Crippen molar-refractivity contribution in [2.75, 3.05) is 42.0 Å². The Labute approximate surface area is 165 Å². The van der Waals surface area contributed by atoms with Crippen LogP contribution in [0.15, 0.2) is 36.4 Å². The van der Waals surface area contributed by atoms with E-state index in [2.05, 4.69) is 5.32 Å². The molecule has 1 atom stereocenters. The highest BCUT2D eigenvalue weighted by Crippen LogP contribution is 2.36. The second kappa shape index (κ2) is 9.48. The minimum atomic E-state index is -0.237. The van der Waals surface area contributed by atoms with E-state index in [1.165, 1.54) is 19.1 Å². The van der Waals surface area contributed by atoms with Crippen LogP contribution in [-0.2, 0) is 0 Å². The van der Waals surface area contributed by atoms with Crippen LogP contribution < -0.4 is 24.4 Å². The van der Waals surface area contributed by atoms with Gasteiger partial charge in [-0.3, -0.25) is 4.79 Å². The van der Waals surface area contributed by atoms with Crippen molar-refractivity contribution in [3.63, 3.8) is 0 Å². The number of likely N-dealkylation sites (N-methyl/N-ethyl adjacent to an activating group) is 1. The lowest BCUT2D eigenvalue weighted by Crippen LogP contribution is -3.07. The predicted octanol–water partition coefficient (Wildman–Crippen LogP) is 1.98. The zero-order valence-electron chi connectivity index (χ0n) is 16.3. The third-order valence-electron chi connectivity index (χ3n) is 4.37. The molecule has 0 aromatic heterocycles. The van der Waals surface area contributed by atoms with E-state index in [-0.39, 0.29) is 11.9 Å². The van der Waals surface area contributed by atoms with Crippen LogP contribution in [0.4, 0.5) is 0 Å². The van der Waals surface area contributed by atoms with Crippen LogP contribution in [0.3, 0.4) is 0 Å². The first-order valence-corrected chi connectivity index (χ1v) is 8.93.